The van der Waals surface area contributed by atoms with Crippen molar-refractivity contribution in [3.05, 3.63) is 16.7 Å². The lowest BCUT2D eigenvalue weighted by molar-refractivity contribution is 0.399. The number of aromatic nitrogens is 5. The Morgan fingerprint density at radius 3 is 2.87 bits per heavy atom. The molecular formula is C8H8BrN5O. The minimum atomic E-state index is 0.478. The Balaban J connectivity index is 2.55. The molecule has 0 saturated carbocycles. The molecule has 15 heavy (non-hydrogen) atoms. The average molecular weight is 270 g/mol. The molecule has 7 heteroatoms. The monoisotopic (exact) mass is 269 g/mol. The van der Waals surface area contributed by atoms with Gasteiger partial charge in [-0.05, 0) is 27.2 Å². The molecule has 2 aromatic heterocycles. The van der Waals surface area contributed by atoms with Crippen LogP contribution in [0.25, 0.3) is 11.4 Å². The maximum atomic E-state index is 5.12. The number of pyridine rings is 1. The molecule has 2 rings (SSSR count). The number of methoxy groups -OCH3 is 1. The van der Waals surface area contributed by atoms with Gasteiger partial charge in [0.25, 0.3) is 0 Å². The van der Waals surface area contributed by atoms with Gasteiger partial charge in [0.15, 0.2) is 0 Å². The highest BCUT2D eigenvalue weighted by molar-refractivity contribution is 9.10. The normalized spacial score (nSPS) is 10.3. The van der Waals surface area contributed by atoms with Crippen LogP contribution in [0.1, 0.15) is 0 Å². The molecule has 0 N–H and O–H groups in total. The molecule has 0 atom stereocenters. The van der Waals surface area contributed by atoms with Crippen molar-refractivity contribution in [2.24, 2.45) is 7.05 Å². The topological polar surface area (TPSA) is 65.7 Å². The zero-order valence-corrected chi connectivity index (χ0v) is 9.76. The third-order valence-electron chi connectivity index (χ3n) is 1.76. The molecule has 0 aromatic carbocycles. The highest BCUT2D eigenvalue weighted by atomic mass is 79.9. The maximum Gasteiger partial charge on any atom is 0.224 e. The van der Waals surface area contributed by atoms with Crippen LogP contribution < -0.4 is 4.74 Å². The van der Waals surface area contributed by atoms with Crippen molar-refractivity contribution in [2.75, 3.05) is 7.11 Å². The fourth-order valence-electron chi connectivity index (χ4n) is 1.14. The lowest BCUT2D eigenvalue weighted by Gasteiger charge is -2.03. The second kappa shape index (κ2) is 3.93. The number of hydrogen-bond donors (Lipinski definition) is 0. The van der Waals surface area contributed by atoms with Crippen molar-refractivity contribution < 1.29 is 4.74 Å². The first-order valence-electron chi connectivity index (χ1n) is 4.14. The Hall–Kier alpha value is -1.50. The van der Waals surface area contributed by atoms with Gasteiger partial charge in [-0.15, -0.1) is 10.2 Å². The van der Waals surface area contributed by atoms with Crippen LogP contribution in [0.2, 0.25) is 0 Å². The van der Waals surface area contributed by atoms with Crippen molar-refractivity contribution in [1.82, 2.24) is 25.2 Å². The molecular weight excluding hydrogens is 262 g/mol. The maximum absolute atomic E-state index is 5.12. The second-order valence-electron chi connectivity index (χ2n) is 2.81. The Bertz CT molecular complexity index is 484. The van der Waals surface area contributed by atoms with Gasteiger partial charge in [-0.3, -0.25) is 0 Å². The lowest BCUT2D eigenvalue weighted by Crippen LogP contribution is -1.94. The van der Waals surface area contributed by atoms with Crippen molar-refractivity contribution in [3.63, 3.8) is 0 Å². The van der Waals surface area contributed by atoms with Gasteiger partial charge in [0.05, 0.1) is 19.7 Å². The first-order chi connectivity index (χ1) is 7.20. The van der Waals surface area contributed by atoms with Crippen molar-refractivity contribution >= 4 is 15.9 Å². The first-order valence-corrected chi connectivity index (χ1v) is 4.94. The summed E-state index contributed by atoms with van der Waals surface area (Å²) in [6, 6.07) is 1.84. The highest BCUT2D eigenvalue weighted by Gasteiger charge is 2.12. The van der Waals surface area contributed by atoms with Crippen LogP contribution in [0.3, 0.4) is 0 Å². The summed E-state index contributed by atoms with van der Waals surface area (Å²) in [4.78, 5) is 5.48. The quantitative estimate of drug-likeness (QED) is 0.815. The van der Waals surface area contributed by atoms with Crippen molar-refractivity contribution in [1.29, 1.82) is 0 Å². The molecule has 6 nitrogen and oxygen atoms in total. The Morgan fingerprint density at radius 2 is 2.27 bits per heavy atom. The number of hydrogen-bond acceptors (Lipinski definition) is 5. The third-order valence-corrected chi connectivity index (χ3v) is 2.19. The molecule has 0 spiro atoms. The van der Waals surface area contributed by atoms with E-state index in [1.165, 1.54) is 4.80 Å². The van der Waals surface area contributed by atoms with Gasteiger partial charge in [-0.25, -0.2) is 4.98 Å². The van der Waals surface area contributed by atoms with Crippen molar-refractivity contribution in [3.8, 4) is 17.3 Å². The minimum Gasteiger partial charge on any atom is -0.480 e. The van der Waals surface area contributed by atoms with Crippen LogP contribution >= 0.6 is 15.9 Å². The van der Waals surface area contributed by atoms with E-state index in [0.29, 0.717) is 17.3 Å². The Labute approximate surface area is 94.4 Å². The fraction of sp³-hybridized carbons (Fsp3) is 0.250. The third kappa shape index (κ3) is 1.96. The van der Waals surface area contributed by atoms with Gasteiger partial charge in [0.2, 0.25) is 11.7 Å². The molecule has 0 aliphatic heterocycles. The molecule has 78 valence electrons. The number of nitrogens with zero attached hydrogens (tertiary/aromatic N) is 5. The van der Waals surface area contributed by atoms with Crippen molar-refractivity contribution in [2.45, 2.75) is 0 Å². The summed E-state index contributed by atoms with van der Waals surface area (Å²) in [7, 11) is 3.25. The number of rotatable bonds is 2. The Kier molecular flexibility index (Phi) is 2.63. The van der Waals surface area contributed by atoms with Gasteiger partial charge < -0.3 is 4.74 Å². The summed E-state index contributed by atoms with van der Waals surface area (Å²) in [6.07, 6.45) is 1.65. The van der Waals surface area contributed by atoms with Crippen LogP contribution in [0.15, 0.2) is 16.7 Å². The summed E-state index contributed by atoms with van der Waals surface area (Å²) in [5.74, 6) is 0.967. The molecule has 0 fully saturated rings. The molecule has 0 aliphatic rings. The average Bonchev–Trinajstić information content (AvgIpc) is 2.65. The first kappa shape index (κ1) is 10.0. The summed E-state index contributed by atoms with van der Waals surface area (Å²) < 4.78 is 5.95. The molecule has 0 amide bonds. The van der Waals surface area contributed by atoms with Gasteiger partial charge >= 0.3 is 0 Å². The molecule has 0 radical (unpaired) electrons. The zero-order valence-electron chi connectivity index (χ0n) is 8.18. The van der Waals surface area contributed by atoms with Gasteiger partial charge in [0.1, 0.15) is 0 Å². The summed E-state index contributed by atoms with van der Waals surface area (Å²) >= 11 is 3.33. The molecule has 0 aliphatic carbocycles. The number of ether oxygens (including phenoxy) is 1. The van der Waals surface area contributed by atoms with E-state index < -0.39 is 0 Å². The predicted octanol–water partition coefficient (Wildman–Crippen LogP) is 1.04. The molecule has 0 saturated heterocycles. The Morgan fingerprint density at radius 1 is 1.47 bits per heavy atom. The minimum absolute atomic E-state index is 0.478. The molecule has 2 aromatic rings. The van der Waals surface area contributed by atoms with E-state index in [-0.39, 0.29) is 0 Å². The van der Waals surface area contributed by atoms with E-state index in [1.807, 2.05) is 6.07 Å². The van der Waals surface area contributed by atoms with E-state index in [0.717, 1.165) is 4.47 Å². The van der Waals surface area contributed by atoms with E-state index in [4.69, 9.17) is 4.74 Å². The number of aryl methyl sites for hydroxylation is 1. The van der Waals surface area contributed by atoms with Crippen LogP contribution in [-0.2, 0) is 7.05 Å². The SMILES string of the molecule is COc1ncc(Br)cc1-c1nnn(C)n1. The number of halogens is 1. The van der Waals surface area contributed by atoms with E-state index in [2.05, 4.69) is 36.3 Å². The second-order valence-corrected chi connectivity index (χ2v) is 3.73. The van der Waals surface area contributed by atoms with Crippen LogP contribution in [0.4, 0.5) is 0 Å². The summed E-state index contributed by atoms with van der Waals surface area (Å²) in [6.45, 7) is 0. The van der Waals surface area contributed by atoms with Gasteiger partial charge in [0, 0.05) is 10.7 Å². The van der Waals surface area contributed by atoms with Crippen LogP contribution in [0, 0.1) is 0 Å². The molecule has 0 bridgehead atoms. The molecule has 0 unspecified atom stereocenters. The lowest BCUT2D eigenvalue weighted by atomic mass is 10.2. The van der Waals surface area contributed by atoms with E-state index >= 15 is 0 Å². The molecule has 2 heterocycles. The summed E-state index contributed by atoms with van der Waals surface area (Å²) in [5.41, 5.74) is 0.708. The van der Waals surface area contributed by atoms with Crippen LogP contribution in [0.5, 0.6) is 5.88 Å². The number of tetrazole rings is 1. The standard InChI is InChI=1S/C8H8BrN5O/c1-14-12-7(11-13-14)6-3-5(9)4-10-8(6)15-2/h3-4H,1-2H3. The highest BCUT2D eigenvalue weighted by Crippen LogP contribution is 2.27. The summed E-state index contributed by atoms with van der Waals surface area (Å²) in [5, 5.41) is 11.7. The van der Waals surface area contributed by atoms with E-state index in [1.54, 1.807) is 20.4 Å². The fourth-order valence-corrected chi connectivity index (χ4v) is 1.47. The zero-order chi connectivity index (χ0) is 10.8. The van der Waals surface area contributed by atoms with E-state index in [9.17, 15) is 0 Å². The predicted molar refractivity (Wildman–Crippen MR) is 56.3 cm³/mol. The van der Waals surface area contributed by atoms with Crippen LogP contribution in [-0.4, -0.2) is 32.3 Å². The van der Waals surface area contributed by atoms with Gasteiger partial charge in [-0.2, -0.15) is 4.80 Å². The smallest absolute Gasteiger partial charge is 0.224 e. The largest absolute Gasteiger partial charge is 0.480 e. The van der Waals surface area contributed by atoms with Gasteiger partial charge in [-0.1, -0.05) is 0 Å².